The first-order chi connectivity index (χ1) is 22.1. The largest absolute Gasteiger partial charge is 0.413 e. The van der Waals surface area contributed by atoms with E-state index in [0.717, 1.165) is 0 Å². The van der Waals surface area contributed by atoms with Gasteiger partial charge in [0.15, 0.2) is 16.6 Å². The van der Waals surface area contributed by atoms with Crippen molar-refractivity contribution in [3.8, 4) is 22.3 Å². The fourth-order valence-electron chi connectivity index (χ4n) is 6.34. The van der Waals surface area contributed by atoms with E-state index in [2.05, 4.69) is 153 Å². The minimum Gasteiger partial charge on any atom is -0.413 e. The van der Waals surface area contributed by atoms with Gasteiger partial charge in [-0.25, -0.2) is 0 Å². The molecule has 0 saturated carbocycles. The zero-order valence-corrected chi connectivity index (χ0v) is 32.1. The van der Waals surface area contributed by atoms with Gasteiger partial charge < -0.3 is 13.6 Å². The normalized spacial score (nSPS) is 14.3. The highest BCUT2D eigenvalue weighted by Crippen LogP contribution is 2.49. The van der Waals surface area contributed by atoms with Crippen LogP contribution in [0.2, 0.25) is 36.3 Å². The molecule has 0 bridgehead atoms. The summed E-state index contributed by atoms with van der Waals surface area (Å²) >= 11 is 0. The van der Waals surface area contributed by atoms with E-state index in [0.29, 0.717) is 26.4 Å². The van der Waals surface area contributed by atoms with Crippen molar-refractivity contribution in [2.45, 2.75) is 104 Å². The molecule has 1 aliphatic rings. The molecule has 0 aromatic heterocycles. The summed E-state index contributed by atoms with van der Waals surface area (Å²) in [7, 11) is -4.21. The lowest BCUT2D eigenvalue weighted by Gasteiger charge is -2.38. The van der Waals surface area contributed by atoms with Crippen molar-refractivity contribution in [2.24, 2.45) is 0 Å². The fraction of sp³-hybridized carbons (Fsp3) is 0.381. The number of ether oxygens (including phenoxy) is 1. The Morgan fingerprint density at radius 1 is 0.532 bits per heavy atom. The lowest BCUT2D eigenvalue weighted by molar-refractivity contribution is 0.135. The molecule has 1 heterocycles. The molecule has 47 heavy (non-hydrogen) atoms. The molecule has 0 N–H and O–H groups in total. The molecular formula is C42H52O3Si2. The molecule has 5 heteroatoms. The summed E-state index contributed by atoms with van der Waals surface area (Å²) < 4.78 is 20.8. The Morgan fingerprint density at radius 2 is 0.894 bits per heavy atom. The number of hydrogen-bond donors (Lipinski definition) is 0. The van der Waals surface area contributed by atoms with Crippen molar-refractivity contribution in [2.75, 3.05) is 0 Å². The first-order valence-corrected chi connectivity index (χ1v) is 22.9. The Bertz CT molecular complexity index is 1790. The molecule has 1 aliphatic heterocycles. The summed E-state index contributed by atoms with van der Waals surface area (Å²) in [6, 6.07) is 30.9. The van der Waals surface area contributed by atoms with E-state index in [9.17, 15) is 0 Å². The number of hydrogen-bond acceptors (Lipinski definition) is 3. The zero-order chi connectivity index (χ0) is 33.8. The summed E-state index contributed by atoms with van der Waals surface area (Å²) in [5.74, 6) is 0. The molecule has 5 aromatic carbocycles. The third kappa shape index (κ3) is 6.29. The van der Waals surface area contributed by atoms with Gasteiger partial charge in [-0.15, -0.1) is 0 Å². The number of fused-ring (bicyclic) bond motifs is 3. The van der Waals surface area contributed by atoms with Gasteiger partial charge in [0.05, 0.1) is 26.4 Å². The standard InChI is InChI=1S/C42H52O3Si2/c1-41(2,3)46(7,8)44-27-37-38(28-45-47(9,10)42(4,5)6)40(34-24-16-20-30-18-12-14-22-32(30)34)36-26-43-25-35(36)39(37)33-23-15-19-29-17-11-13-21-31(29)33/h11-24H,25-28H2,1-10H3. The van der Waals surface area contributed by atoms with Gasteiger partial charge >= 0.3 is 0 Å². The molecule has 0 unspecified atom stereocenters. The number of benzene rings is 5. The van der Waals surface area contributed by atoms with E-state index in [1.807, 2.05) is 0 Å². The van der Waals surface area contributed by atoms with Gasteiger partial charge in [0.2, 0.25) is 0 Å². The minimum atomic E-state index is -2.11. The summed E-state index contributed by atoms with van der Waals surface area (Å²) in [5, 5.41) is 5.17. The van der Waals surface area contributed by atoms with Crippen LogP contribution in [-0.2, 0) is 40.0 Å². The number of rotatable bonds is 8. The monoisotopic (exact) mass is 660 g/mol. The Kier molecular flexibility index (Phi) is 8.94. The second-order valence-corrected chi connectivity index (χ2v) is 25.9. The smallest absolute Gasteiger partial charge is 0.192 e. The lowest BCUT2D eigenvalue weighted by atomic mass is 9.81. The van der Waals surface area contributed by atoms with Crippen molar-refractivity contribution >= 4 is 38.2 Å². The first kappa shape index (κ1) is 33.8. The van der Waals surface area contributed by atoms with Crippen LogP contribution in [0, 0.1) is 0 Å². The van der Waals surface area contributed by atoms with Gasteiger partial charge in [-0.2, -0.15) is 0 Å². The molecule has 0 spiro atoms. The van der Waals surface area contributed by atoms with Crippen LogP contribution < -0.4 is 0 Å². The maximum atomic E-state index is 7.19. The molecule has 0 saturated heterocycles. The van der Waals surface area contributed by atoms with E-state index in [4.69, 9.17) is 13.6 Å². The van der Waals surface area contributed by atoms with Gasteiger partial charge in [-0.05, 0) is 102 Å². The van der Waals surface area contributed by atoms with Crippen molar-refractivity contribution in [1.82, 2.24) is 0 Å². The highest BCUT2D eigenvalue weighted by Gasteiger charge is 2.40. The maximum Gasteiger partial charge on any atom is 0.192 e. The third-order valence-electron chi connectivity index (χ3n) is 11.3. The summed E-state index contributed by atoms with van der Waals surface area (Å²) in [6.07, 6.45) is 0. The summed E-state index contributed by atoms with van der Waals surface area (Å²) in [5.41, 5.74) is 10.1. The third-order valence-corrected chi connectivity index (χ3v) is 20.3. The Labute approximate surface area is 284 Å². The predicted octanol–water partition coefficient (Wildman–Crippen LogP) is 12.4. The Morgan fingerprint density at radius 3 is 1.28 bits per heavy atom. The average molecular weight is 661 g/mol. The molecule has 3 nitrogen and oxygen atoms in total. The van der Waals surface area contributed by atoms with Crippen LogP contribution in [0.1, 0.15) is 63.8 Å². The van der Waals surface area contributed by atoms with Gasteiger partial charge in [0, 0.05) is 0 Å². The second-order valence-electron chi connectivity index (χ2n) is 16.3. The van der Waals surface area contributed by atoms with Crippen LogP contribution in [0.25, 0.3) is 43.8 Å². The molecule has 6 rings (SSSR count). The molecule has 5 aromatic rings. The molecule has 0 amide bonds. The van der Waals surface area contributed by atoms with Gasteiger partial charge in [-0.1, -0.05) is 126 Å². The van der Waals surface area contributed by atoms with Crippen molar-refractivity contribution in [3.63, 3.8) is 0 Å². The molecule has 0 radical (unpaired) electrons. The Hall–Kier alpha value is -3.07. The van der Waals surface area contributed by atoms with Crippen molar-refractivity contribution in [1.29, 1.82) is 0 Å². The lowest BCUT2D eigenvalue weighted by Crippen LogP contribution is -2.41. The van der Waals surface area contributed by atoms with E-state index < -0.39 is 16.6 Å². The van der Waals surface area contributed by atoms with E-state index in [-0.39, 0.29) is 10.1 Å². The Balaban J connectivity index is 1.72. The highest BCUT2D eigenvalue weighted by molar-refractivity contribution is 6.74. The molecule has 246 valence electrons. The molecular weight excluding hydrogens is 609 g/mol. The van der Waals surface area contributed by atoms with Crippen molar-refractivity contribution in [3.05, 3.63) is 107 Å². The zero-order valence-electron chi connectivity index (χ0n) is 30.1. The summed E-state index contributed by atoms with van der Waals surface area (Å²) in [6.45, 7) is 25.6. The van der Waals surface area contributed by atoms with Crippen LogP contribution in [0.3, 0.4) is 0 Å². The van der Waals surface area contributed by atoms with E-state index >= 15 is 0 Å². The second kappa shape index (κ2) is 12.4. The quantitative estimate of drug-likeness (QED) is 0.155. The van der Waals surface area contributed by atoms with Crippen LogP contribution in [0.15, 0.2) is 84.9 Å². The minimum absolute atomic E-state index is 0.0860. The molecule has 0 atom stereocenters. The van der Waals surface area contributed by atoms with Gasteiger partial charge in [0.1, 0.15) is 0 Å². The molecule has 0 aliphatic carbocycles. The van der Waals surface area contributed by atoms with Crippen LogP contribution in [-0.4, -0.2) is 16.6 Å². The molecule has 0 fully saturated rings. The SMILES string of the molecule is CC(C)(C)[Si](C)(C)OCc1c(CO[Si](C)(C)C(C)(C)C)c(-c2cccc3ccccc23)c2c(c1-c1cccc3ccccc13)COC2. The maximum absolute atomic E-state index is 7.19. The summed E-state index contributed by atoms with van der Waals surface area (Å²) in [4.78, 5) is 0. The van der Waals surface area contributed by atoms with Crippen LogP contribution in [0.4, 0.5) is 0 Å². The van der Waals surface area contributed by atoms with Gasteiger partial charge in [0.25, 0.3) is 0 Å². The predicted molar refractivity (Wildman–Crippen MR) is 205 cm³/mol. The van der Waals surface area contributed by atoms with Crippen LogP contribution >= 0.6 is 0 Å². The van der Waals surface area contributed by atoms with Crippen LogP contribution in [0.5, 0.6) is 0 Å². The van der Waals surface area contributed by atoms with Gasteiger partial charge in [-0.3, -0.25) is 0 Å². The topological polar surface area (TPSA) is 27.7 Å². The first-order valence-electron chi connectivity index (χ1n) is 17.1. The highest BCUT2D eigenvalue weighted by atomic mass is 28.4. The van der Waals surface area contributed by atoms with E-state index in [1.165, 1.54) is 66.1 Å². The fourth-order valence-corrected chi connectivity index (χ4v) is 8.21. The average Bonchev–Trinajstić information content (AvgIpc) is 3.50. The van der Waals surface area contributed by atoms with Crippen molar-refractivity contribution < 1.29 is 13.6 Å². The van der Waals surface area contributed by atoms with E-state index in [1.54, 1.807) is 0 Å².